The third-order valence-corrected chi connectivity index (χ3v) is 8.61. The zero-order valence-corrected chi connectivity index (χ0v) is 24.4. The molecule has 0 bridgehead atoms. The Labute approximate surface area is 249 Å². The molecule has 1 aromatic carbocycles. The Hall–Kier alpha value is -3.23. The first-order valence-corrected chi connectivity index (χ1v) is 14.4. The van der Waals surface area contributed by atoms with Gasteiger partial charge in [0, 0.05) is 37.3 Å². The Morgan fingerprint density at radius 2 is 2.00 bits per heavy atom. The number of likely N-dealkylation sites (N-methyl/N-ethyl adjacent to an activating group) is 1. The van der Waals surface area contributed by atoms with Crippen molar-refractivity contribution in [1.29, 1.82) is 0 Å². The zero-order chi connectivity index (χ0) is 30.7. The number of hydrogen-bond donors (Lipinski definition) is 1. The van der Waals surface area contributed by atoms with Gasteiger partial charge in [-0.25, -0.2) is 13.8 Å². The molecule has 3 aromatic rings. The van der Waals surface area contributed by atoms with Crippen molar-refractivity contribution in [3.8, 4) is 23.1 Å². The average molecular weight is 628 g/mol. The summed E-state index contributed by atoms with van der Waals surface area (Å²) in [6, 6.07) is 1.75. The molecule has 0 aliphatic carbocycles. The third kappa shape index (κ3) is 5.48. The van der Waals surface area contributed by atoms with Crippen molar-refractivity contribution >= 4 is 34.0 Å². The van der Waals surface area contributed by atoms with Crippen molar-refractivity contribution in [2.24, 2.45) is 0 Å². The third-order valence-electron chi connectivity index (χ3n) is 8.31. The lowest BCUT2D eigenvalue weighted by molar-refractivity contribution is -0.137. The molecule has 0 radical (unpaired) electrons. The zero-order valence-electron chi connectivity index (χ0n) is 23.6. The van der Waals surface area contributed by atoms with Gasteiger partial charge in [0.1, 0.15) is 41.8 Å². The first kappa shape index (κ1) is 29.8. The highest BCUT2D eigenvalue weighted by molar-refractivity contribution is 6.32. The second kappa shape index (κ2) is 11.0. The van der Waals surface area contributed by atoms with Gasteiger partial charge in [0.2, 0.25) is 5.88 Å². The number of hydrogen-bond acceptors (Lipinski definition) is 9. The summed E-state index contributed by atoms with van der Waals surface area (Å²) in [5, 5.41) is -0.584. The SMILES string of the molecule is CN(C)CCN1CCOc2nc(-c3cc(N)cc(Cl)c3C(F)(F)F)c(F)c3nc(OC[C@@]45CCCN4C[C@H](F)C5)nc1c23. The molecular formula is C28H31ClF5N7O2. The lowest BCUT2D eigenvalue weighted by Crippen LogP contribution is -2.43. The van der Waals surface area contributed by atoms with Gasteiger partial charge in [-0.1, -0.05) is 11.6 Å². The van der Waals surface area contributed by atoms with Crippen LogP contribution in [-0.4, -0.2) is 96.5 Å². The molecule has 2 saturated heterocycles. The van der Waals surface area contributed by atoms with Gasteiger partial charge in [0.05, 0.1) is 22.7 Å². The number of nitrogens with two attached hydrogens (primary N) is 1. The first-order valence-electron chi connectivity index (χ1n) is 14.0. The first-order chi connectivity index (χ1) is 20.4. The number of anilines is 2. The van der Waals surface area contributed by atoms with Crippen molar-refractivity contribution in [3.05, 3.63) is 28.5 Å². The van der Waals surface area contributed by atoms with Crippen LogP contribution < -0.4 is 20.1 Å². The van der Waals surface area contributed by atoms with Crippen LogP contribution in [0.15, 0.2) is 12.1 Å². The van der Waals surface area contributed by atoms with Crippen LogP contribution in [0.4, 0.5) is 33.5 Å². The number of halogens is 6. The van der Waals surface area contributed by atoms with Crippen molar-refractivity contribution in [3.63, 3.8) is 0 Å². The van der Waals surface area contributed by atoms with E-state index in [0.717, 1.165) is 31.5 Å². The van der Waals surface area contributed by atoms with E-state index in [1.54, 1.807) is 0 Å². The van der Waals surface area contributed by atoms with Gasteiger partial charge in [-0.15, -0.1) is 0 Å². The van der Waals surface area contributed by atoms with Crippen LogP contribution in [0.3, 0.4) is 0 Å². The summed E-state index contributed by atoms with van der Waals surface area (Å²) in [6.07, 6.45) is -3.98. The van der Waals surface area contributed by atoms with E-state index >= 15 is 4.39 Å². The fourth-order valence-corrected chi connectivity index (χ4v) is 6.66. The predicted octanol–water partition coefficient (Wildman–Crippen LogP) is 4.80. The number of benzene rings is 1. The summed E-state index contributed by atoms with van der Waals surface area (Å²) in [5.74, 6) is -0.976. The molecule has 5 heterocycles. The van der Waals surface area contributed by atoms with Crippen LogP contribution >= 0.6 is 11.6 Å². The molecule has 43 heavy (non-hydrogen) atoms. The molecule has 232 valence electrons. The van der Waals surface area contributed by atoms with E-state index in [2.05, 4.69) is 19.9 Å². The fourth-order valence-electron chi connectivity index (χ4n) is 6.33. The van der Waals surface area contributed by atoms with E-state index < -0.39 is 45.5 Å². The number of rotatable bonds is 7. The molecule has 2 N–H and O–H groups in total. The van der Waals surface area contributed by atoms with E-state index in [0.29, 0.717) is 32.6 Å². The number of aromatic nitrogens is 3. The molecule has 2 atom stereocenters. The van der Waals surface area contributed by atoms with Gasteiger partial charge >= 0.3 is 12.2 Å². The molecule has 2 aromatic heterocycles. The number of ether oxygens (including phenoxy) is 2. The highest BCUT2D eigenvalue weighted by Crippen LogP contribution is 2.46. The van der Waals surface area contributed by atoms with Gasteiger partial charge < -0.3 is 25.0 Å². The Kier molecular flexibility index (Phi) is 7.66. The van der Waals surface area contributed by atoms with E-state index in [1.165, 1.54) is 0 Å². The second-order valence-electron chi connectivity index (χ2n) is 11.6. The largest absolute Gasteiger partial charge is 0.475 e. The van der Waals surface area contributed by atoms with Crippen molar-refractivity contribution < 1.29 is 31.4 Å². The summed E-state index contributed by atoms with van der Waals surface area (Å²) in [4.78, 5) is 19.1. The Morgan fingerprint density at radius 1 is 1.21 bits per heavy atom. The summed E-state index contributed by atoms with van der Waals surface area (Å²) in [6.45, 7) is 2.70. The molecule has 2 fully saturated rings. The number of nitrogen functional groups attached to an aromatic ring is 1. The lowest BCUT2D eigenvalue weighted by atomic mass is 9.95. The van der Waals surface area contributed by atoms with Crippen molar-refractivity contribution in [1.82, 2.24) is 24.8 Å². The van der Waals surface area contributed by atoms with E-state index in [4.69, 9.17) is 26.8 Å². The van der Waals surface area contributed by atoms with Crippen molar-refractivity contribution in [2.45, 2.75) is 37.1 Å². The number of alkyl halides is 4. The molecule has 9 nitrogen and oxygen atoms in total. The molecule has 0 spiro atoms. The minimum atomic E-state index is -4.94. The fraction of sp³-hybridized carbons (Fsp3) is 0.536. The lowest BCUT2D eigenvalue weighted by Gasteiger charge is -2.31. The van der Waals surface area contributed by atoms with Gasteiger partial charge in [-0.2, -0.15) is 23.1 Å². The van der Waals surface area contributed by atoms with Crippen LogP contribution in [0, 0.1) is 5.82 Å². The smallest absolute Gasteiger partial charge is 0.418 e. The van der Waals surface area contributed by atoms with Gasteiger partial charge in [-0.05, 0) is 45.6 Å². The van der Waals surface area contributed by atoms with Crippen LogP contribution in [0.2, 0.25) is 5.02 Å². The van der Waals surface area contributed by atoms with Gasteiger partial charge in [0.15, 0.2) is 5.82 Å². The number of nitrogens with zero attached hydrogens (tertiary/aromatic N) is 6. The van der Waals surface area contributed by atoms with Gasteiger partial charge in [-0.3, -0.25) is 4.90 Å². The van der Waals surface area contributed by atoms with Crippen LogP contribution in [0.25, 0.3) is 22.2 Å². The van der Waals surface area contributed by atoms with Crippen LogP contribution in [0.5, 0.6) is 11.9 Å². The highest BCUT2D eigenvalue weighted by Gasteiger charge is 2.49. The van der Waals surface area contributed by atoms with Crippen molar-refractivity contribution in [2.75, 3.05) is 70.7 Å². The monoisotopic (exact) mass is 627 g/mol. The van der Waals surface area contributed by atoms with E-state index in [9.17, 15) is 17.6 Å². The summed E-state index contributed by atoms with van der Waals surface area (Å²) < 4.78 is 85.2. The Bertz CT molecular complexity index is 1560. The van der Waals surface area contributed by atoms with Gasteiger partial charge in [0.25, 0.3) is 0 Å². The number of fused-ring (bicyclic) bond motifs is 1. The maximum absolute atomic E-state index is 16.5. The van der Waals surface area contributed by atoms with Crippen LogP contribution in [-0.2, 0) is 6.18 Å². The highest BCUT2D eigenvalue weighted by atomic mass is 35.5. The summed E-state index contributed by atoms with van der Waals surface area (Å²) in [7, 11) is 3.81. The number of pyridine rings is 1. The summed E-state index contributed by atoms with van der Waals surface area (Å²) >= 11 is 5.97. The van der Waals surface area contributed by atoms with Crippen LogP contribution in [0.1, 0.15) is 24.8 Å². The maximum Gasteiger partial charge on any atom is 0.418 e. The average Bonchev–Trinajstić information content (AvgIpc) is 3.38. The predicted molar refractivity (Wildman–Crippen MR) is 152 cm³/mol. The topological polar surface area (TPSA) is 92.9 Å². The second-order valence-corrected chi connectivity index (χ2v) is 12.0. The molecule has 15 heteroatoms. The standard InChI is InChI=1S/C28H31ClF5N7O2/c1-39(2)6-7-40-8-9-42-25-19-23(21(31)22(36-25)17-10-16(35)11-18(29)20(17)28(32,33)34)37-26(38-24(19)40)43-14-27-4-3-5-41(27)13-15(30)12-27/h10-11,15H,3-9,12-14,35H2,1-2H3/t15-,27+/m1/s1. The molecular weight excluding hydrogens is 597 g/mol. The minimum absolute atomic E-state index is 0.0853. The Morgan fingerprint density at radius 3 is 2.74 bits per heavy atom. The molecule has 0 unspecified atom stereocenters. The molecule has 3 aliphatic rings. The van der Waals surface area contributed by atoms with E-state index in [-0.39, 0.29) is 47.5 Å². The molecule has 3 aliphatic heterocycles. The molecule has 6 rings (SSSR count). The molecule has 0 saturated carbocycles. The Balaban J connectivity index is 1.52. The molecule has 0 amide bonds. The minimum Gasteiger partial charge on any atom is -0.475 e. The quantitative estimate of drug-likeness (QED) is 0.293. The summed E-state index contributed by atoms with van der Waals surface area (Å²) in [5.41, 5.74) is 2.29. The normalized spacial score (nSPS) is 22.3. The van der Waals surface area contributed by atoms with E-state index in [1.807, 2.05) is 23.9 Å². The maximum atomic E-state index is 16.5.